The smallest absolute Gasteiger partial charge is 0.294 e. The predicted molar refractivity (Wildman–Crippen MR) is 75.9 cm³/mol. The van der Waals surface area contributed by atoms with Gasteiger partial charge in [0.1, 0.15) is 14.3 Å². The van der Waals surface area contributed by atoms with Crippen molar-refractivity contribution in [3.8, 4) is 0 Å². The zero-order chi connectivity index (χ0) is 14.0. The first-order chi connectivity index (χ1) is 9.10. The number of hydrogen-bond donors (Lipinski definition) is 0. The van der Waals surface area contributed by atoms with Crippen LogP contribution in [0.2, 0.25) is 0 Å². The summed E-state index contributed by atoms with van der Waals surface area (Å²) in [6, 6.07) is 0. The second-order valence-electron chi connectivity index (χ2n) is 3.55. The van der Waals surface area contributed by atoms with Gasteiger partial charge in [-0.15, -0.1) is 0 Å². The van der Waals surface area contributed by atoms with Crippen molar-refractivity contribution >= 4 is 58.3 Å². The summed E-state index contributed by atoms with van der Waals surface area (Å²) in [5.41, 5.74) is 0. The summed E-state index contributed by atoms with van der Waals surface area (Å²) < 4.78 is 5.08. The number of rotatable bonds is 4. The van der Waals surface area contributed by atoms with Gasteiger partial charge in [0.05, 0.1) is 5.75 Å². The van der Waals surface area contributed by atoms with E-state index < -0.39 is 0 Å². The van der Waals surface area contributed by atoms with Crippen LogP contribution < -0.4 is 0 Å². The molecule has 0 aromatic heterocycles. The normalized spacial score (nSPS) is 23.5. The number of carbonyl (C=O) groups excluding carboxylic acids is 3. The van der Waals surface area contributed by atoms with Gasteiger partial charge in [-0.2, -0.15) is 0 Å². The third-order valence-electron chi connectivity index (χ3n) is 2.51. The van der Waals surface area contributed by atoms with E-state index >= 15 is 0 Å². The van der Waals surface area contributed by atoms with Crippen molar-refractivity contribution in [1.29, 1.82) is 0 Å². The van der Waals surface area contributed by atoms with Crippen LogP contribution >= 0.6 is 35.7 Å². The second kappa shape index (κ2) is 5.93. The molecule has 0 bridgehead atoms. The molecule has 0 aliphatic carbocycles. The van der Waals surface area contributed by atoms with E-state index in [0.717, 1.165) is 0 Å². The lowest BCUT2D eigenvalue weighted by molar-refractivity contribution is -0.138. The van der Waals surface area contributed by atoms with E-state index in [1.165, 1.54) is 33.3 Å². The Kier molecular flexibility index (Phi) is 4.48. The fraction of sp³-hybridized carbons (Fsp3) is 0.400. The predicted octanol–water partition coefficient (Wildman–Crippen LogP) is 0.742. The molecule has 2 heterocycles. The molecule has 0 aromatic rings. The van der Waals surface area contributed by atoms with Crippen molar-refractivity contribution in [2.45, 2.75) is 6.92 Å². The van der Waals surface area contributed by atoms with E-state index in [0.29, 0.717) is 20.8 Å². The topological polar surface area (TPSA) is 66.9 Å². The van der Waals surface area contributed by atoms with Gasteiger partial charge >= 0.3 is 0 Å². The Morgan fingerprint density at radius 2 is 2.16 bits per heavy atom. The molecule has 0 saturated carbocycles. The van der Waals surface area contributed by atoms with Crippen LogP contribution in [0.5, 0.6) is 0 Å². The first-order valence-corrected chi connectivity index (χ1v) is 7.57. The number of likely N-dealkylation sites (N-methyl/N-ethyl adjacent to an activating group) is 1. The van der Waals surface area contributed by atoms with Gasteiger partial charge in [0.25, 0.3) is 12.4 Å². The largest absolute Gasteiger partial charge is 0.446 e. The lowest BCUT2D eigenvalue weighted by Gasteiger charge is -2.16. The van der Waals surface area contributed by atoms with Crippen LogP contribution in [0.25, 0.3) is 0 Å². The molecule has 102 valence electrons. The standard InChI is InChI=1S/C10H10N2O4S3/c1-2-11-8(15)7(19-10(11)17)9-12(4-16-5-13)6(14)3-18-9/h5H,2-4H2,1H3/b9-7+. The van der Waals surface area contributed by atoms with Crippen LogP contribution in [-0.4, -0.2) is 51.4 Å². The number of carbonyl (C=O) groups is 3. The summed E-state index contributed by atoms with van der Waals surface area (Å²) >= 11 is 7.55. The molecular weight excluding hydrogens is 308 g/mol. The molecule has 9 heteroatoms. The van der Waals surface area contributed by atoms with Crippen molar-refractivity contribution in [3.05, 3.63) is 9.93 Å². The van der Waals surface area contributed by atoms with Crippen molar-refractivity contribution in [3.63, 3.8) is 0 Å². The maximum absolute atomic E-state index is 12.2. The molecule has 2 fully saturated rings. The molecule has 0 radical (unpaired) electrons. The molecule has 2 aliphatic heterocycles. The Morgan fingerprint density at radius 3 is 2.74 bits per heavy atom. The highest BCUT2D eigenvalue weighted by Gasteiger charge is 2.39. The summed E-state index contributed by atoms with van der Waals surface area (Å²) in [6.45, 7) is 2.41. The number of hydrogen-bond acceptors (Lipinski definition) is 7. The van der Waals surface area contributed by atoms with Gasteiger partial charge in [-0.25, -0.2) is 0 Å². The molecule has 0 N–H and O–H groups in total. The SMILES string of the molecule is CCN1C(=O)/C(=C2\SCC(=O)N2COC=O)SC1=S. The van der Waals surface area contributed by atoms with E-state index in [9.17, 15) is 14.4 Å². The van der Waals surface area contributed by atoms with E-state index in [1.54, 1.807) is 0 Å². The highest BCUT2D eigenvalue weighted by atomic mass is 32.2. The fourth-order valence-electron chi connectivity index (χ4n) is 1.62. The van der Waals surface area contributed by atoms with Crippen molar-refractivity contribution in [2.75, 3.05) is 19.0 Å². The molecule has 19 heavy (non-hydrogen) atoms. The number of ether oxygens (including phenoxy) is 1. The minimum atomic E-state index is -0.203. The minimum absolute atomic E-state index is 0.180. The third kappa shape index (κ3) is 2.63. The number of thioether (sulfide) groups is 2. The average molecular weight is 318 g/mol. The van der Waals surface area contributed by atoms with Gasteiger partial charge < -0.3 is 4.74 Å². The number of thiocarbonyl (C=S) groups is 1. The molecule has 6 nitrogen and oxygen atoms in total. The van der Waals surface area contributed by atoms with Crippen LogP contribution in [0.15, 0.2) is 9.93 Å². The van der Waals surface area contributed by atoms with Gasteiger partial charge in [0.15, 0.2) is 6.73 Å². The summed E-state index contributed by atoms with van der Waals surface area (Å²) in [7, 11) is 0. The molecule has 0 unspecified atom stereocenters. The first kappa shape index (κ1) is 14.4. The zero-order valence-corrected chi connectivity index (χ0v) is 12.4. The van der Waals surface area contributed by atoms with Crippen LogP contribution in [0.1, 0.15) is 6.92 Å². The average Bonchev–Trinajstić information content (AvgIpc) is 2.88. The Labute approximate surface area is 123 Å². The Bertz CT molecular complexity index is 491. The number of amides is 2. The van der Waals surface area contributed by atoms with Crippen molar-refractivity contribution in [2.24, 2.45) is 0 Å². The molecule has 0 aromatic carbocycles. The third-order valence-corrected chi connectivity index (χ3v) is 5.17. The lowest BCUT2D eigenvalue weighted by atomic mass is 10.4. The zero-order valence-electron chi connectivity index (χ0n) is 9.95. The van der Waals surface area contributed by atoms with Crippen LogP contribution in [0.4, 0.5) is 0 Å². The summed E-state index contributed by atoms with van der Waals surface area (Å²) in [4.78, 5) is 37.3. The van der Waals surface area contributed by atoms with Gasteiger partial charge in [0, 0.05) is 6.54 Å². The molecule has 2 aliphatic rings. The molecule has 2 saturated heterocycles. The van der Waals surface area contributed by atoms with Gasteiger partial charge in [-0.1, -0.05) is 35.7 Å². The molecular formula is C10H10N2O4S3. The fourth-order valence-corrected chi connectivity index (χ4v) is 4.22. The van der Waals surface area contributed by atoms with Gasteiger partial charge in [0.2, 0.25) is 5.91 Å². The maximum atomic E-state index is 12.2. The highest BCUT2D eigenvalue weighted by molar-refractivity contribution is 8.27. The summed E-state index contributed by atoms with van der Waals surface area (Å²) in [5.74, 6) is -0.164. The Hall–Kier alpha value is -1.06. The van der Waals surface area contributed by atoms with E-state index in [-0.39, 0.29) is 30.8 Å². The molecule has 2 rings (SSSR count). The van der Waals surface area contributed by atoms with Gasteiger partial charge in [-0.05, 0) is 6.92 Å². The summed E-state index contributed by atoms with van der Waals surface area (Å²) in [5, 5.41) is 0.514. The first-order valence-electron chi connectivity index (χ1n) is 5.36. The van der Waals surface area contributed by atoms with Crippen molar-refractivity contribution in [1.82, 2.24) is 9.80 Å². The Balaban J connectivity index is 2.30. The van der Waals surface area contributed by atoms with E-state index in [4.69, 9.17) is 12.2 Å². The Morgan fingerprint density at radius 1 is 1.42 bits per heavy atom. The molecule has 2 amide bonds. The molecule has 0 spiro atoms. The van der Waals surface area contributed by atoms with Gasteiger partial charge in [-0.3, -0.25) is 24.2 Å². The second-order valence-corrected chi connectivity index (χ2v) is 6.16. The van der Waals surface area contributed by atoms with Crippen LogP contribution in [0, 0.1) is 0 Å². The van der Waals surface area contributed by atoms with E-state index in [2.05, 4.69) is 4.74 Å². The number of nitrogens with zero attached hydrogens (tertiary/aromatic N) is 2. The van der Waals surface area contributed by atoms with E-state index in [1.807, 2.05) is 6.92 Å². The van der Waals surface area contributed by atoms with Crippen molar-refractivity contribution < 1.29 is 19.1 Å². The minimum Gasteiger partial charge on any atom is -0.446 e. The quantitative estimate of drug-likeness (QED) is 0.430. The lowest BCUT2D eigenvalue weighted by Crippen LogP contribution is -2.30. The monoisotopic (exact) mass is 318 g/mol. The molecule has 0 atom stereocenters. The summed E-state index contributed by atoms with van der Waals surface area (Å²) in [6.07, 6.45) is 0. The van der Waals surface area contributed by atoms with Crippen LogP contribution in [-0.2, 0) is 19.1 Å². The highest BCUT2D eigenvalue weighted by Crippen LogP contribution is 2.41. The van der Waals surface area contributed by atoms with Crippen LogP contribution in [0.3, 0.4) is 0 Å². The maximum Gasteiger partial charge on any atom is 0.294 e.